The van der Waals surface area contributed by atoms with E-state index in [9.17, 15) is 9.59 Å². The van der Waals surface area contributed by atoms with E-state index in [1.807, 2.05) is 0 Å². The monoisotopic (exact) mass is 277 g/mol. The predicted octanol–water partition coefficient (Wildman–Crippen LogP) is 0.643. The second kappa shape index (κ2) is 5.27. The lowest BCUT2D eigenvalue weighted by atomic mass is 10.2. The van der Waals surface area contributed by atoms with Crippen LogP contribution in [0.15, 0.2) is 11.1 Å². The number of carbonyl (C=O) groups is 2. The van der Waals surface area contributed by atoms with Gasteiger partial charge in [0.15, 0.2) is 6.10 Å². The minimum Gasteiger partial charge on any atom is -0.479 e. The minimum atomic E-state index is -1.02. The fourth-order valence-corrected chi connectivity index (χ4v) is 1.45. The van der Waals surface area contributed by atoms with Gasteiger partial charge in [0.1, 0.15) is 6.10 Å². The Morgan fingerprint density at radius 1 is 1.47 bits per heavy atom. The van der Waals surface area contributed by atoms with E-state index in [2.05, 4.69) is 27.8 Å². The van der Waals surface area contributed by atoms with Crippen molar-refractivity contribution >= 4 is 27.8 Å². The molecule has 1 aliphatic heterocycles. The van der Waals surface area contributed by atoms with Gasteiger partial charge in [-0.15, -0.1) is 0 Å². The van der Waals surface area contributed by atoms with Crippen molar-refractivity contribution in [2.24, 2.45) is 0 Å². The second-order valence-electron chi connectivity index (χ2n) is 3.26. The number of aliphatic carboxylic acids is 1. The van der Waals surface area contributed by atoms with E-state index >= 15 is 0 Å². The van der Waals surface area contributed by atoms with Gasteiger partial charge in [0, 0.05) is 11.0 Å². The van der Waals surface area contributed by atoms with Gasteiger partial charge in [-0.3, -0.25) is 4.79 Å². The molecule has 1 rings (SSSR count). The van der Waals surface area contributed by atoms with Crippen LogP contribution in [-0.2, 0) is 14.3 Å². The Morgan fingerprint density at radius 3 is 2.53 bits per heavy atom. The van der Waals surface area contributed by atoms with Crippen molar-refractivity contribution in [2.45, 2.75) is 25.0 Å². The Morgan fingerprint density at radius 2 is 2.07 bits per heavy atom. The summed E-state index contributed by atoms with van der Waals surface area (Å²) in [5, 5.41) is 11.2. The zero-order valence-corrected chi connectivity index (χ0v) is 9.62. The molecule has 0 aromatic heterocycles. The van der Waals surface area contributed by atoms with Gasteiger partial charge >= 0.3 is 5.97 Å². The molecule has 1 aliphatic rings. The highest BCUT2D eigenvalue weighted by Crippen LogP contribution is 2.19. The van der Waals surface area contributed by atoms with E-state index in [1.165, 1.54) is 0 Å². The molecule has 1 amide bonds. The van der Waals surface area contributed by atoms with Crippen molar-refractivity contribution in [1.82, 2.24) is 5.32 Å². The number of amides is 1. The number of carbonyl (C=O) groups excluding carboxylic acids is 1. The first-order valence-electron chi connectivity index (χ1n) is 4.50. The van der Waals surface area contributed by atoms with E-state index in [4.69, 9.17) is 9.84 Å². The lowest BCUT2D eigenvalue weighted by Gasteiger charge is -2.11. The van der Waals surface area contributed by atoms with Gasteiger partial charge in [0.05, 0.1) is 0 Å². The highest BCUT2D eigenvalue weighted by Gasteiger charge is 2.34. The van der Waals surface area contributed by atoms with Crippen LogP contribution in [0.5, 0.6) is 0 Å². The number of halogens is 1. The Bertz CT molecular complexity index is 292. The number of carboxylic acids is 1. The molecule has 15 heavy (non-hydrogen) atoms. The number of rotatable bonds is 4. The average molecular weight is 278 g/mol. The van der Waals surface area contributed by atoms with Crippen LogP contribution in [0.4, 0.5) is 0 Å². The molecule has 0 spiro atoms. The largest absolute Gasteiger partial charge is 0.479 e. The summed E-state index contributed by atoms with van der Waals surface area (Å²) in [5.74, 6) is -1.31. The van der Waals surface area contributed by atoms with Crippen molar-refractivity contribution in [2.75, 3.05) is 6.54 Å². The molecule has 0 aromatic carbocycles. The van der Waals surface area contributed by atoms with E-state index in [0.717, 1.165) is 0 Å². The standard InChI is InChI=1S/C9H12BrNO4/c1-5(10)4-11-8(12)6-2-3-7(15-6)9(13)14/h6-7H,1-4H2,(H,11,12)(H,13,14). The van der Waals surface area contributed by atoms with Crippen molar-refractivity contribution in [3.05, 3.63) is 11.1 Å². The fourth-order valence-electron chi connectivity index (χ4n) is 1.31. The normalized spacial score (nSPS) is 24.9. The number of hydrogen-bond donors (Lipinski definition) is 2. The average Bonchev–Trinajstić information content (AvgIpc) is 2.62. The third-order valence-electron chi connectivity index (χ3n) is 2.04. The van der Waals surface area contributed by atoms with Gasteiger partial charge in [0.25, 0.3) is 0 Å². The summed E-state index contributed by atoms with van der Waals surface area (Å²) >= 11 is 3.10. The van der Waals surface area contributed by atoms with E-state index in [0.29, 0.717) is 23.9 Å². The van der Waals surface area contributed by atoms with Crippen LogP contribution in [0, 0.1) is 0 Å². The quantitative estimate of drug-likeness (QED) is 0.791. The lowest BCUT2D eigenvalue weighted by Crippen LogP contribution is -2.36. The van der Waals surface area contributed by atoms with Gasteiger partial charge in [0.2, 0.25) is 5.91 Å². The molecule has 2 N–H and O–H groups in total. The van der Waals surface area contributed by atoms with Gasteiger partial charge in [-0.05, 0) is 12.8 Å². The Kier molecular flexibility index (Phi) is 4.28. The summed E-state index contributed by atoms with van der Waals surface area (Å²) in [4.78, 5) is 22.0. The maximum Gasteiger partial charge on any atom is 0.332 e. The number of nitrogens with one attached hydrogen (secondary N) is 1. The maximum atomic E-state index is 11.4. The van der Waals surface area contributed by atoms with Crippen LogP contribution in [0.2, 0.25) is 0 Å². The summed E-state index contributed by atoms with van der Waals surface area (Å²) in [7, 11) is 0. The van der Waals surface area contributed by atoms with E-state index in [1.54, 1.807) is 0 Å². The minimum absolute atomic E-state index is 0.292. The van der Waals surface area contributed by atoms with Crippen molar-refractivity contribution in [3.8, 4) is 0 Å². The number of ether oxygens (including phenoxy) is 1. The van der Waals surface area contributed by atoms with Crippen molar-refractivity contribution < 1.29 is 19.4 Å². The molecule has 1 saturated heterocycles. The highest BCUT2D eigenvalue weighted by molar-refractivity contribution is 9.11. The molecule has 0 saturated carbocycles. The van der Waals surface area contributed by atoms with Gasteiger partial charge in [-0.2, -0.15) is 0 Å². The smallest absolute Gasteiger partial charge is 0.332 e. The van der Waals surface area contributed by atoms with Crippen molar-refractivity contribution in [3.63, 3.8) is 0 Å². The third-order valence-corrected chi connectivity index (χ3v) is 2.32. The van der Waals surface area contributed by atoms with Crippen LogP contribution in [0.25, 0.3) is 0 Å². The van der Waals surface area contributed by atoms with Crippen LogP contribution < -0.4 is 5.32 Å². The molecular formula is C9H12BrNO4. The van der Waals surface area contributed by atoms with Gasteiger partial charge in [-0.1, -0.05) is 22.5 Å². The van der Waals surface area contributed by atoms with Crippen LogP contribution in [0.3, 0.4) is 0 Å². The van der Waals surface area contributed by atoms with Gasteiger partial charge in [-0.25, -0.2) is 4.79 Å². The summed E-state index contributed by atoms with van der Waals surface area (Å²) in [6, 6.07) is 0. The fraction of sp³-hybridized carbons (Fsp3) is 0.556. The Labute approximate surface area is 95.6 Å². The zero-order valence-electron chi connectivity index (χ0n) is 8.03. The highest BCUT2D eigenvalue weighted by atomic mass is 79.9. The zero-order chi connectivity index (χ0) is 11.4. The molecule has 2 unspecified atom stereocenters. The van der Waals surface area contributed by atoms with E-state index in [-0.39, 0.29) is 5.91 Å². The number of hydrogen-bond acceptors (Lipinski definition) is 3. The third kappa shape index (κ3) is 3.64. The SMILES string of the molecule is C=C(Br)CNC(=O)C1CCC(C(=O)O)O1. The summed E-state index contributed by atoms with van der Waals surface area (Å²) in [5.41, 5.74) is 0. The lowest BCUT2D eigenvalue weighted by molar-refractivity contribution is -0.151. The van der Waals surface area contributed by atoms with E-state index < -0.39 is 18.2 Å². The van der Waals surface area contributed by atoms with Crippen molar-refractivity contribution in [1.29, 1.82) is 0 Å². The van der Waals surface area contributed by atoms with Crippen LogP contribution in [0.1, 0.15) is 12.8 Å². The van der Waals surface area contributed by atoms with Crippen LogP contribution >= 0.6 is 15.9 Å². The first kappa shape index (κ1) is 12.2. The molecule has 84 valence electrons. The molecule has 0 aromatic rings. The topological polar surface area (TPSA) is 75.6 Å². The molecule has 0 bridgehead atoms. The molecule has 0 aliphatic carbocycles. The first-order valence-corrected chi connectivity index (χ1v) is 5.29. The predicted molar refractivity (Wildman–Crippen MR) is 56.6 cm³/mol. The Balaban J connectivity index is 2.36. The summed E-state index contributed by atoms with van der Waals surface area (Å²) in [6.45, 7) is 3.88. The van der Waals surface area contributed by atoms with Crippen LogP contribution in [-0.4, -0.2) is 35.7 Å². The number of carboxylic acid groups (broad SMARTS) is 1. The molecule has 0 radical (unpaired) electrons. The molecular weight excluding hydrogens is 266 g/mol. The maximum absolute atomic E-state index is 11.4. The Hall–Kier alpha value is -0.880. The van der Waals surface area contributed by atoms with Gasteiger partial charge < -0.3 is 15.2 Å². The first-order chi connectivity index (χ1) is 7.00. The summed E-state index contributed by atoms with van der Waals surface area (Å²) in [6.07, 6.45) is -0.689. The molecule has 1 heterocycles. The molecule has 1 fully saturated rings. The summed E-state index contributed by atoms with van der Waals surface area (Å²) < 4.78 is 5.72. The second-order valence-corrected chi connectivity index (χ2v) is 4.39. The molecule has 5 nitrogen and oxygen atoms in total. The molecule has 2 atom stereocenters. The molecule has 6 heteroatoms.